The number of hydrogen-bond acceptors (Lipinski definition) is 8. The van der Waals surface area contributed by atoms with E-state index in [0.29, 0.717) is 19.8 Å². The second-order valence-corrected chi connectivity index (χ2v) is 14.8. The third kappa shape index (κ3) is 28.7. The summed E-state index contributed by atoms with van der Waals surface area (Å²) in [5.74, 6) is 0. The molecule has 8 nitrogen and oxygen atoms in total. The van der Waals surface area contributed by atoms with Crippen molar-refractivity contribution in [3.8, 4) is 0 Å². The van der Waals surface area contributed by atoms with Crippen LogP contribution in [0.2, 0.25) is 0 Å². The standard InChI is InChI=1S/C45H82O8/c1-3-5-7-9-11-13-15-17-19-21-23-25-27-29-31-33-35-50-38-40(39-52-45-44(49)43(48)42(47)41(37-46)53-45)51-36-34-32-30-28-26-24-22-20-18-16-14-12-10-8-6-4-2/h11-14,17-20,40-49H,3-10,15-16,21-39H2,1-2H3/b13-11-,14-12-,19-17-,20-18-/t40-,41-,42+,43+,44-,45-/m1/s1. The Morgan fingerprint density at radius 1 is 0.509 bits per heavy atom. The van der Waals surface area contributed by atoms with Crippen LogP contribution in [0, 0.1) is 0 Å². The molecule has 1 fully saturated rings. The van der Waals surface area contributed by atoms with Crippen LogP contribution in [0.25, 0.3) is 0 Å². The average Bonchev–Trinajstić information content (AvgIpc) is 3.17. The largest absolute Gasteiger partial charge is 0.394 e. The molecule has 1 aliphatic rings. The van der Waals surface area contributed by atoms with E-state index < -0.39 is 37.3 Å². The van der Waals surface area contributed by atoms with E-state index >= 15 is 0 Å². The third-order valence-corrected chi connectivity index (χ3v) is 9.79. The summed E-state index contributed by atoms with van der Waals surface area (Å²) < 4.78 is 23.5. The number of aliphatic hydroxyl groups is 4. The van der Waals surface area contributed by atoms with Crippen molar-refractivity contribution in [1.29, 1.82) is 0 Å². The number of rotatable bonds is 37. The summed E-state index contributed by atoms with van der Waals surface area (Å²) in [6, 6.07) is 0. The number of aliphatic hydroxyl groups excluding tert-OH is 4. The summed E-state index contributed by atoms with van der Waals surface area (Å²) in [6.45, 7) is 5.70. The van der Waals surface area contributed by atoms with Gasteiger partial charge < -0.3 is 39.4 Å². The molecule has 0 spiro atoms. The molecule has 0 saturated carbocycles. The van der Waals surface area contributed by atoms with E-state index in [1.807, 2.05) is 0 Å². The summed E-state index contributed by atoms with van der Waals surface area (Å²) in [5.41, 5.74) is 0. The molecule has 53 heavy (non-hydrogen) atoms. The quantitative estimate of drug-likeness (QED) is 0.0366. The second kappa shape index (κ2) is 37.6. The summed E-state index contributed by atoms with van der Waals surface area (Å²) in [4.78, 5) is 0. The molecule has 0 aromatic rings. The van der Waals surface area contributed by atoms with Crippen LogP contribution in [0.5, 0.6) is 0 Å². The molecule has 4 N–H and O–H groups in total. The molecule has 1 aliphatic heterocycles. The first-order chi connectivity index (χ1) is 26.0. The van der Waals surface area contributed by atoms with Gasteiger partial charge in [-0.15, -0.1) is 0 Å². The molecule has 0 bridgehead atoms. The molecule has 8 heteroatoms. The lowest BCUT2D eigenvalue weighted by molar-refractivity contribution is -0.306. The van der Waals surface area contributed by atoms with E-state index in [-0.39, 0.29) is 12.7 Å². The van der Waals surface area contributed by atoms with Crippen LogP contribution in [0.15, 0.2) is 48.6 Å². The molecule has 6 atom stereocenters. The Bertz CT molecular complexity index is 888. The van der Waals surface area contributed by atoms with Gasteiger partial charge in [0.05, 0.1) is 19.8 Å². The SMILES string of the molecule is CCCCC/C=C\C/C=C\CCCCCCCCOC[C@H](CO[C@@H]1O[C@H](CO)[C@H](O)[C@H](O)[C@H]1O)OCCCCCCCC/C=C\C/C=C\CCCCC. The van der Waals surface area contributed by atoms with Crippen molar-refractivity contribution in [2.45, 2.75) is 205 Å². The normalized spacial score (nSPS) is 21.7. The lowest BCUT2D eigenvalue weighted by atomic mass is 9.99. The van der Waals surface area contributed by atoms with E-state index in [4.69, 9.17) is 18.9 Å². The smallest absolute Gasteiger partial charge is 0.186 e. The Morgan fingerprint density at radius 2 is 0.962 bits per heavy atom. The summed E-state index contributed by atoms with van der Waals surface area (Å²) in [7, 11) is 0. The van der Waals surface area contributed by atoms with Gasteiger partial charge in [-0.3, -0.25) is 0 Å². The highest BCUT2D eigenvalue weighted by molar-refractivity contribution is 4.93. The van der Waals surface area contributed by atoms with Gasteiger partial charge >= 0.3 is 0 Å². The fourth-order valence-corrected chi connectivity index (χ4v) is 6.30. The summed E-state index contributed by atoms with van der Waals surface area (Å²) >= 11 is 0. The number of unbranched alkanes of at least 4 members (excludes halogenated alkanes) is 18. The zero-order valence-corrected chi connectivity index (χ0v) is 34.0. The monoisotopic (exact) mass is 751 g/mol. The van der Waals surface area contributed by atoms with Crippen molar-refractivity contribution in [1.82, 2.24) is 0 Å². The molecule has 1 saturated heterocycles. The van der Waals surface area contributed by atoms with E-state index in [1.54, 1.807) is 0 Å². The van der Waals surface area contributed by atoms with E-state index in [9.17, 15) is 20.4 Å². The van der Waals surface area contributed by atoms with Gasteiger partial charge in [-0.05, 0) is 77.0 Å². The molecule has 1 heterocycles. The first-order valence-corrected chi connectivity index (χ1v) is 21.8. The van der Waals surface area contributed by atoms with Crippen LogP contribution in [-0.4, -0.2) is 90.3 Å². The van der Waals surface area contributed by atoms with E-state index in [2.05, 4.69) is 62.5 Å². The van der Waals surface area contributed by atoms with Crippen LogP contribution in [0.1, 0.15) is 168 Å². The lowest BCUT2D eigenvalue weighted by Crippen LogP contribution is -2.59. The highest BCUT2D eigenvalue weighted by atomic mass is 16.7. The molecule has 0 aromatic carbocycles. The van der Waals surface area contributed by atoms with Gasteiger partial charge in [-0.2, -0.15) is 0 Å². The Kier molecular flexibility index (Phi) is 35.2. The Labute approximate surface area is 325 Å². The van der Waals surface area contributed by atoms with Crippen LogP contribution in [0.3, 0.4) is 0 Å². The first kappa shape index (κ1) is 49.7. The maximum Gasteiger partial charge on any atom is 0.186 e. The van der Waals surface area contributed by atoms with Gasteiger partial charge in [0, 0.05) is 13.2 Å². The lowest BCUT2D eigenvalue weighted by Gasteiger charge is -2.39. The molecule has 0 aromatic heterocycles. The van der Waals surface area contributed by atoms with Crippen molar-refractivity contribution in [2.75, 3.05) is 33.0 Å². The first-order valence-electron chi connectivity index (χ1n) is 21.8. The van der Waals surface area contributed by atoms with Crippen LogP contribution >= 0.6 is 0 Å². The van der Waals surface area contributed by atoms with Gasteiger partial charge in [-0.25, -0.2) is 0 Å². The van der Waals surface area contributed by atoms with Crippen molar-refractivity contribution in [3.63, 3.8) is 0 Å². The van der Waals surface area contributed by atoms with Crippen molar-refractivity contribution >= 4 is 0 Å². The van der Waals surface area contributed by atoms with Gasteiger partial charge in [0.25, 0.3) is 0 Å². The molecule has 0 unspecified atom stereocenters. The highest BCUT2D eigenvalue weighted by Crippen LogP contribution is 2.22. The number of hydrogen-bond donors (Lipinski definition) is 4. The average molecular weight is 751 g/mol. The molecule has 0 aliphatic carbocycles. The van der Waals surface area contributed by atoms with Gasteiger partial charge in [0.2, 0.25) is 0 Å². The molecular weight excluding hydrogens is 668 g/mol. The highest BCUT2D eigenvalue weighted by Gasteiger charge is 2.44. The molecule has 1 rings (SSSR count). The predicted octanol–water partition coefficient (Wildman–Crippen LogP) is 9.83. The minimum Gasteiger partial charge on any atom is -0.394 e. The Hall–Kier alpha value is -1.36. The fraction of sp³-hybridized carbons (Fsp3) is 0.822. The fourth-order valence-electron chi connectivity index (χ4n) is 6.30. The van der Waals surface area contributed by atoms with Crippen LogP contribution in [-0.2, 0) is 18.9 Å². The third-order valence-electron chi connectivity index (χ3n) is 9.79. The van der Waals surface area contributed by atoms with Crippen molar-refractivity contribution < 1.29 is 39.4 Å². The zero-order valence-electron chi connectivity index (χ0n) is 34.0. The Balaban J connectivity index is 2.24. The molecule has 0 amide bonds. The predicted molar refractivity (Wildman–Crippen MR) is 219 cm³/mol. The van der Waals surface area contributed by atoms with Gasteiger partial charge in [0.1, 0.15) is 30.5 Å². The van der Waals surface area contributed by atoms with Crippen molar-refractivity contribution in [3.05, 3.63) is 48.6 Å². The maximum atomic E-state index is 10.4. The van der Waals surface area contributed by atoms with Crippen LogP contribution < -0.4 is 0 Å². The summed E-state index contributed by atoms with van der Waals surface area (Å²) in [6.07, 6.45) is 40.2. The minimum absolute atomic E-state index is 0.106. The van der Waals surface area contributed by atoms with Gasteiger partial charge in [-0.1, -0.05) is 140 Å². The topological polar surface area (TPSA) is 118 Å². The van der Waals surface area contributed by atoms with Crippen LogP contribution in [0.4, 0.5) is 0 Å². The molecule has 0 radical (unpaired) electrons. The second-order valence-electron chi connectivity index (χ2n) is 14.8. The molecule has 310 valence electrons. The van der Waals surface area contributed by atoms with E-state index in [1.165, 1.54) is 103 Å². The van der Waals surface area contributed by atoms with Gasteiger partial charge in [0.15, 0.2) is 6.29 Å². The zero-order chi connectivity index (χ0) is 38.5. The molecular formula is C45H82O8. The van der Waals surface area contributed by atoms with Crippen molar-refractivity contribution in [2.24, 2.45) is 0 Å². The summed E-state index contributed by atoms with van der Waals surface area (Å²) in [5, 5.41) is 40.1. The maximum absolute atomic E-state index is 10.4. The Morgan fingerprint density at radius 3 is 1.45 bits per heavy atom. The minimum atomic E-state index is -1.47. The van der Waals surface area contributed by atoms with E-state index in [0.717, 1.165) is 51.4 Å². The number of ether oxygens (including phenoxy) is 4. The number of allylic oxidation sites excluding steroid dienone is 8.